The first-order valence-electron chi connectivity index (χ1n) is 9.45. The number of aromatic carboxylic acids is 1. The van der Waals surface area contributed by atoms with Gasteiger partial charge in [0.2, 0.25) is 0 Å². The van der Waals surface area contributed by atoms with Gasteiger partial charge in [0.15, 0.2) is 0 Å². The number of hydrogen-bond acceptors (Lipinski definition) is 3. The van der Waals surface area contributed by atoms with Gasteiger partial charge in [0, 0.05) is 18.3 Å². The lowest BCUT2D eigenvalue weighted by Gasteiger charge is -2.37. The molecule has 138 valence electrons. The summed E-state index contributed by atoms with van der Waals surface area (Å²) in [5.74, 6) is -0.891. The quantitative estimate of drug-likeness (QED) is 0.705. The van der Waals surface area contributed by atoms with E-state index >= 15 is 0 Å². The van der Waals surface area contributed by atoms with E-state index in [1.165, 1.54) is 16.3 Å². The highest BCUT2D eigenvalue weighted by atomic mass is 16.4. The fraction of sp³-hybridized carbons (Fsp3) is 0.261. The second-order valence-electron chi connectivity index (χ2n) is 7.15. The van der Waals surface area contributed by atoms with Crippen molar-refractivity contribution >= 4 is 22.4 Å². The largest absolute Gasteiger partial charge is 0.478 e. The third-order valence-electron chi connectivity index (χ3n) is 5.53. The Morgan fingerprint density at radius 2 is 1.81 bits per heavy atom. The smallest absolute Gasteiger partial charge is 0.335 e. The normalized spacial score (nSPS) is 17.7. The van der Waals surface area contributed by atoms with Crippen LogP contribution in [0.3, 0.4) is 0 Å². The van der Waals surface area contributed by atoms with Crippen LogP contribution in [0.15, 0.2) is 66.7 Å². The fourth-order valence-electron chi connectivity index (χ4n) is 4.17. The van der Waals surface area contributed by atoms with Crippen LogP contribution in [0.5, 0.6) is 0 Å². The summed E-state index contributed by atoms with van der Waals surface area (Å²) in [5, 5.41) is 15.2. The predicted molar refractivity (Wildman–Crippen MR) is 110 cm³/mol. The molecular formula is C23H24N2O2. The molecular weight excluding hydrogens is 336 g/mol. The van der Waals surface area contributed by atoms with Crippen molar-refractivity contribution < 1.29 is 9.90 Å². The van der Waals surface area contributed by atoms with E-state index in [0.717, 1.165) is 25.2 Å². The highest BCUT2D eigenvalue weighted by molar-refractivity contribution is 5.88. The average Bonchev–Trinajstić information content (AvgIpc) is 3.22. The average molecular weight is 360 g/mol. The van der Waals surface area contributed by atoms with E-state index in [1.54, 1.807) is 12.1 Å². The Bertz CT molecular complexity index is 941. The number of nitrogens with zero attached hydrogens (tertiary/aromatic N) is 1. The molecule has 0 saturated carbocycles. The molecule has 2 N–H and O–H groups in total. The number of fused-ring (bicyclic) bond motifs is 1. The Morgan fingerprint density at radius 1 is 1.07 bits per heavy atom. The van der Waals surface area contributed by atoms with E-state index in [9.17, 15) is 9.90 Å². The summed E-state index contributed by atoms with van der Waals surface area (Å²) < 4.78 is 0. The summed E-state index contributed by atoms with van der Waals surface area (Å²) in [6.45, 7) is 4.19. The summed E-state index contributed by atoms with van der Waals surface area (Å²) in [5.41, 5.74) is 2.68. The summed E-state index contributed by atoms with van der Waals surface area (Å²) >= 11 is 0. The van der Waals surface area contributed by atoms with Gasteiger partial charge in [-0.1, -0.05) is 42.5 Å². The van der Waals surface area contributed by atoms with E-state index in [1.807, 2.05) is 12.1 Å². The molecule has 0 aromatic heterocycles. The van der Waals surface area contributed by atoms with Gasteiger partial charge < -0.3 is 15.3 Å². The molecule has 0 amide bonds. The van der Waals surface area contributed by atoms with Gasteiger partial charge in [-0.15, -0.1) is 0 Å². The second-order valence-corrected chi connectivity index (χ2v) is 7.15. The van der Waals surface area contributed by atoms with Gasteiger partial charge in [-0.2, -0.15) is 0 Å². The molecule has 1 saturated heterocycles. The summed E-state index contributed by atoms with van der Waals surface area (Å²) in [7, 11) is 0. The topological polar surface area (TPSA) is 52.6 Å². The maximum Gasteiger partial charge on any atom is 0.335 e. The number of hydrogen-bond donors (Lipinski definition) is 2. The number of benzene rings is 3. The van der Waals surface area contributed by atoms with Gasteiger partial charge in [0.25, 0.3) is 0 Å². The predicted octanol–water partition coefficient (Wildman–Crippen LogP) is 4.47. The number of anilines is 1. The van der Waals surface area contributed by atoms with Crippen molar-refractivity contribution in [2.45, 2.75) is 25.4 Å². The van der Waals surface area contributed by atoms with E-state index in [0.29, 0.717) is 11.6 Å². The van der Waals surface area contributed by atoms with Crippen molar-refractivity contribution in [3.63, 3.8) is 0 Å². The third kappa shape index (κ3) is 3.40. The zero-order chi connectivity index (χ0) is 18.8. The monoisotopic (exact) mass is 360 g/mol. The Labute approximate surface area is 159 Å². The van der Waals surface area contributed by atoms with Crippen molar-refractivity contribution in [1.82, 2.24) is 5.32 Å². The van der Waals surface area contributed by atoms with Gasteiger partial charge in [-0.3, -0.25) is 0 Å². The molecule has 27 heavy (non-hydrogen) atoms. The molecule has 1 aliphatic heterocycles. The highest BCUT2D eigenvalue weighted by Crippen LogP contribution is 2.34. The second kappa shape index (κ2) is 7.41. The molecule has 0 radical (unpaired) electrons. The molecule has 4 heteroatoms. The molecule has 0 bridgehead atoms. The fourth-order valence-corrected chi connectivity index (χ4v) is 4.17. The van der Waals surface area contributed by atoms with Crippen LogP contribution in [0.2, 0.25) is 0 Å². The molecule has 2 atom stereocenters. The molecule has 4 rings (SSSR count). The number of nitrogens with one attached hydrogen (secondary N) is 1. The molecule has 3 aromatic carbocycles. The Morgan fingerprint density at radius 3 is 2.52 bits per heavy atom. The first-order chi connectivity index (χ1) is 13.1. The molecule has 1 unspecified atom stereocenters. The number of carboxylic acid groups (broad SMARTS) is 1. The maximum atomic E-state index is 11.2. The molecule has 1 heterocycles. The van der Waals surface area contributed by atoms with Crippen molar-refractivity contribution in [1.29, 1.82) is 0 Å². The third-order valence-corrected chi connectivity index (χ3v) is 5.53. The van der Waals surface area contributed by atoms with Crippen molar-refractivity contribution in [3.05, 3.63) is 77.9 Å². The molecule has 0 aliphatic carbocycles. The van der Waals surface area contributed by atoms with Crippen molar-refractivity contribution in [3.8, 4) is 0 Å². The molecule has 3 aromatic rings. The van der Waals surface area contributed by atoms with Gasteiger partial charge in [0.1, 0.15) is 0 Å². The van der Waals surface area contributed by atoms with E-state index in [-0.39, 0.29) is 6.04 Å². The van der Waals surface area contributed by atoms with Crippen LogP contribution in [0.25, 0.3) is 10.8 Å². The van der Waals surface area contributed by atoms with E-state index in [4.69, 9.17) is 0 Å². The molecule has 1 fully saturated rings. The highest BCUT2D eigenvalue weighted by Gasteiger charge is 2.28. The van der Waals surface area contributed by atoms with Gasteiger partial charge in [-0.05, 0) is 60.5 Å². The van der Waals surface area contributed by atoms with Crippen molar-refractivity contribution in [2.75, 3.05) is 18.0 Å². The van der Waals surface area contributed by atoms with Crippen LogP contribution >= 0.6 is 0 Å². The van der Waals surface area contributed by atoms with E-state index < -0.39 is 5.97 Å². The molecule has 4 nitrogen and oxygen atoms in total. The zero-order valence-corrected chi connectivity index (χ0v) is 15.4. The Balaban J connectivity index is 1.77. The first kappa shape index (κ1) is 17.6. The summed E-state index contributed by atoms with van der Waals surface area (Å²) in [4.78, 5) is 13.7. The summed E-state index contributed by atoms with van der Waals surface area (Å²) in [6.07, 6.45) is 1.08. The van der Waals surface area contributed by atoms with Crippen LogP contribution in [-0.2, 0) is 0 Å². The van der Waals surface area contributed by atoms with Crippen LogP contribution in [0.4, 0.5) is 5.69 Å². The number of rotatable bonds is 5. The SMILES string of the molecule is C[C@H](c1cccc2ccccc12)N(c1ccc(C(=O)O)cc1)C1CCNC1. The minimum atomic E-state index is -0.891. The minimum absolute atomic E-state index is 0.177. The minimum Gasteiger partial charge on any atom is -0.478 e. The standard InChI is InChI=1S/C23H24N2O2/c1-16(21-8-4-6-17-5-2-3-7-22(17)21)25(20-13-14-24-15-20)19-11-9-18(10-12-19)23(26)27/h2-12,16,20,24H,13-15H2,1H3,(H,26,27)/t16-,20?/m1/s1. The summed E-state index contributed by atoms with van der Waals surface area (Å²) in [6, 6.07) is 22.8. The number of carbonyl (C=O) groups is 1. The van der Waals surface area contributed by atoms with Gasteiger partial charge >= 0.3 is 5.97 Å². The van der Waals surface area contributed by atoms with Crippen LogP contribution in [-0.4, -0.2) is 30.2 Å². The lowest BCUT2D eigenvalue weighted by Crippen LogP contribution is -2.39. The first-order valence-corrected chi connectivity index (χ1v) is 9.45. The lowest BCUT2D eigenvalue weighted by molar-refractivity contribution is 0.0697. The number of carboxylic acids is 1. The molecule has 0 spiro atoms. The lowest BCUT2D eigenvalue weighted by atomic mass is 9.96. The zero-order valence-electron chi connectivity index (χ0n) is 15.4. The maximum absolute atomic E-state index is 11.2. The molecule has 1 aliphatic rings. The van der Waals surface area contributed by atoms with E-state index in [2.05, 4.69) is 59.6 Å². The van der Waals surface area contributed by atoms with Crippen LogP contribution < -0.4 is 10.2 Å². The van der Waals surface area contributed by atoms with Crippen molar-refractivity contribution in [2.24, 2.45) is 0 Å². The van der Waals surface area contributed by atoms with Gasteiger partial charge in [0.05, 0.1) is 11.6 Å². The van der Waals surface area contributed by atoms with Crippen LogP contribution in [0, 0.1) is 0 Å². The van der Waals surface area contributed by atoms with Crippen LogP contribution in [0.1, 0.15) is 35.3 Å². The van der Waals surface area contributed by atoms with Gasteiger partial charge in [-0.25, -0.2) is 4.79 Å². The Hall–Kier alpha value is -2.85. The Kier molecular flexibility index (Phi) is 4.82.